The molecule has 0 spiro atoms. The van der Waals surface area contributed by atoms with Crippen molar-refractivity contribution in [3.8, 4) is 0 Å². The minimum atomic E-state index is -0.623. The molecule has 19 heavy (non-hydrogen) atoms. The molecule has 0 aliphatic carbocycles. The molecule has 6 heteroatoms. The topological polar surface area (TPSA) is 29.9 Å². The number of nitrogens with one attached hydrogen (secondary N) is 1. The Balaban J connectivity index is 2.17. The predicted octanol–water partition coefficient (Wildman–Crippen LogP) is 4.12. The van der Waals surface area contributed by atoms with Gasteiger partial charge in [-0.25, -0.2) is 13.8 Å². The maximum atomic E-state index is 13.6. The van der Waals surface area contributed by atoms with Crippen molar-refractivity contribution in [1.29, 1.82) is 0 Å². The van der Waals surface area contributed by atoms with Gasteiger partial charge in [0.15, 0.2) is 0 Å². The Labute approximate surface area is 118 Å². The van der Waals surface area contributed by atoms with Crippen LogP contribution < -0.4 is 5.32 Å². The van der Waals surface area contributed by atoms with E-state index in [0.29, 0.717) is 11.0 Å². The highest BCUT2D eigenvalue weighted by Gasteiger charge is 2.11. The largest absolute Gasteiger partial charge is 0.376 e. The third-order valence-corrected chi connectivity index (χ3v) is 3.38. The van der Waals surface area contributed by atoms with Crippen molar-refractivity contribution in [2.45, 2.75) is 26.4 Å². The normalized spacial score (nSPS) is 11.1. The van der Waals surface area contributed by atoms with Gasteiger partial charge in [-0.15, -0.1) is 0 Å². The van der Waals surface area contributed by atoms with Gasteiger partial charge in [-0.05, 0) is 35.8 Å². The van der Waals surface area contributed by atoms with Crippen LogP contribution >= 0.6 is 15.9 Å². The lowest BCUT2D eigenvalue weighted by Gasteiger charge is -2.14. The fourth-order valence-corrected chi connectivity index (χ4v) is 2.37. The van der Waals surface area contributed by atoms with Crippen LogP contribution in [0.2, 0.25) is 0 Å². The fourth-order valence-electron chi connectivity index (χ4n) is 1.82. The molecule has 1 heterocycles. The molecule has 0 saturated carbocycles. The molecule has 1 aromatic carbocycles. The molecule has 1 aromatic heterocycles. The van der Waals surface area contributed by atoms with E-state index in [1.165, 1.54) is 6.07 Å². The quantitative estimate of drug-likeness (QED) is 0.914. The third-order valence-electron chi connectivity index (χ3n) is 2.76. The van der Waals surface area contributed by atoms with Crippen molar-refractivity contribution in [2.75, 3.05) is 5.32 Å². The zero-order valence-corrected chi connectivity index (χ0v) is 12.2. The minimum Gasteiger partial charge on any atom is -0.376 e. The Morgan fingerprint density at radius 2 is 2.11 bits per heavy atom. The molecule has 0 bridgehead atoms. The van der Waals surface area contributed by atoms with E-state index in [4.69, 9.17) is 0 Å². The molecule has 3 nitrogen and oxygen atoms in total. The van der Waals surface area contributed by atoms with Crippen molar-refractivity contribution in [3.63, 3.8) is 0 Å². The summed E-state index contributed by atoms with van der Waals surface area (Å²) < 4.78 is 29.0. The molecule has 2 aromatic rings. The number of aromatic nitrogens is 2. The van der Waals surface area contributed by atoms with Crippen LogP contribution in [0.3, 0.4) is 0 Å². The molecule has 2 rings (SSSR count). The number of halogens is 3. The number of nitrogens with zero attached hydrogens (tertiary/aromatic N) is 2. The second kappa shape index (κ2) is 5.69. The van der Waals surface area contributed by atoms with Crippen LogP contribution in [0.25, 0.3) is 0 Å². The van der Waals surface area contributed by atoms with Crippen molar-refractivity contribution >= 4 is 21.6 Å². The van der Waals surface area contributed by atoms with Crippen LogP contribution in [0.15, 0.2) is 29.1 Å². The van der Waals surface area contributed by atoms with Crippen LogP contribution in [0.5, 0.6) is 0 Å². The van der Waals surface area contributed by atoms with Gasteiger partial charge in [0.1, 0.15) is 11.6 Å². The Morgan fingerprint density at radius 1 is 1.37 bits per heavy atom. The molecule has 0 aliphatic rings. The van der Waals surface area contributed by atoms with Gasteiger partial charge in [0.2, 0.25) is 0 Å². The first kappa shape index (κ1) is 14.0. The Kier molecular flexibility index (Phi) is 4.19. The predicted molar refractivity (Wildman–Crippen MR) is 74.0 cm³/mol. The van der Waals surface area contributed by atoms with Gasteiger partial charge in [0, 0.05) is 22.8 Å². The van der Waals surface area contributed by atoms with Gasteiger partial charge in [-0.3, -0.25) is 0 Å². The lowest BCUT2D eigenvalue weighted by molar-refractivity contribution is 0.573. The smallest absolute Gasteiger partial charge is 0.150 e. The van der Waals surface area contributed by atoms with Gasteiger partial charge < -0.3 is 9.88 Å². The number of rotatable bonds is 4. The first-order valence-electron chi connectivity index (χ1n) is 5.88. The second-order valence-electron chi connectivity index (χ2n) is 4.48. The summed E-state index contributed by atoms with van der Waals surface area (Å²) >= 11 is 3.14. The summed E-state index contributed by atoms with van der Waals surface area (Å²) in [6, 6.07) is 2.36. The summed E-state index contributed by atoms with van der Waals surface area (Å²) in [6.45, 7) is 4.50. The van der Waals surface area contributed by atoms with Crippen molar-refractivity contribution in [3.05, 3.63) is 46.5 Å². The van der Waals surface area contributed by atoms with Crippen LogP contribution in [0.4, 0.5) is 14.5 Å². The van der Waals surface area contributed by atoms with Crippen molar-refractivity contribution in [2.24, 2.45) is 0 Å². The zero-order chi connectivity index (χ0) is 14.0. The molecule has 0 radical (unpaired) electrons. The van der Waals surface area contributed by atoms with Crippen LogP contribution in [0.1, 0.15) is 25.6 Å². The van der Waals surface area contributed by atoms with Gasteiger partial charge in [-0.1, -0.05) is 0 Å². The van der Waals surface area contributed by atoms with E-state index in [2.05, 4.69) is 26.2 Å². The minimum absolute atomic E-state index is 0.248. The van der Waals surface area contributed by atoms with E-state index in [1.54, 1.807) is 12.5 Å². The molecule has 0 unspecified atom stereocenters. The fraction of sp³-hybridized carbons (Fsp3) is 0.308. The number of hydrogen-bond donors (Lipinski definition) is 1. The Morgan fingerprint density at radius 3 is 2.74 bits per heavy atom. The van der Waals surface area contributed by atoms with Crippen molar-refractivity contribution in [1.82, 2.24) is 9.55 Å². The average Bonchev–Trinajstić information content (AvgIpc) is 2.75. The number of anilines is 1. The monoisotopic (exact) mass is 329 g/mol. The summed E-state index contributed by atoms with van der Waals surface area (Å²) in [5.41, 5.74) is 1.18. The van der Waals surface area contributed by atoms with Crippen LogP contribution in [-0.4, -0.2) is 9.55 Å². The number of imidazole rings is 1. The second-order valence-corrected chi connectivity index (χ2v) is 5.34. The Hall–Kier alpha value is -1.43. The molecule has 0 aliphatic heterocycles. The Bertz CT molecular complexity index is 558. The van der Waals surface area contributed by atoms with E-state index in [1.807, 2.05) is 18.4 Å². The number of hydrogen-bond acceptors (Lipinski definition) is 2. The molecule has 0 atom stereocenters. The van der Waals surface area contributed by atoms with Gasteiger partial charge in [0.05, 0.1) is 24.3 Å². The molecule has 0 amide bonds. The molecule has 0 fully saturated rings. The maximum Gasteiger partial charge on any atom is 0.150 e. The van der Waals surface area contributed by atoms with Crippen LogP contribution in [0, 0.1) is 11.6 Å². The first-order valence-corrected chi connectivity index (χ1v) is 6.67. The SMILES string of the molecule is CC(C)n1cncc1CNc1c(F)cc(F)cc1Br. The first-order chi connectivity index (χ1) is 8.99. The van der Waals surface area contributed by atoms with E-state index < -0.39 is 11.6 Å². The van der Waals surface area contributed by atoms with E-state index >= 15 is 0 Å². The van der Waals surface area contributed by atoms with Gasteiger partial charge in [-0.2, -0.15) is 0 Å². The summed E-state index contributed by atoms with van der Waals surface area (Å²) in [4.78, 5) is 4.07. The summed E-state index contributed by atoms with van der Waals surface area (Å²) in [5, 5.41) is 2.96. The highest BCUT2D eigenvalue weighted by molar-refractivity contribution is 9.10. The summed E-state index contributed by atoms with van der Waals surface area (Å²) in [5.74, 6) is -1.23. The molecule has 1 N–H and O–H groups in total. The van der Waals surface area contributed by atoms with Crippen molar-refractivity contribution < 1.29 is 8.78 Å². The van der Waals surface area contributed by atoms with E-state index in [-0.39, 0.29) is 11.7 Å². The highest BCUT2D eigenvalue weighted by atomic mass is 79.9. The number of benzene rings is 1. The third kappa shape index (κ3) is 3.12. The van der Waals surface area contributed by atoms with Gasteiger partial charge in [0.25, 0.3) is 0 Å². The molecular weight excluding hydrogens is 316 g/mol. The molecule has 102 valence electrons. The van der Waals surface area contributed by atoms with Gasteiger partial charge >= 0.3 is 0 Å². The molecular formula is C13H14BrF2N3. The van der Waals surface area contributed by atoms with E-state index in [9.17, 15) is 8.78 Å². The zero-order valence-electron chi connectivity index (χ0n) is 10.6. The average molecular weight is 330 g/mol. The maximum absolute atomic E-state index is 13.6. The van der Waals surface area contributed by atoms with Crippen LogP contribution in [-0.2, 0) is 6.54 Å². The standard InChI is InChI=1S/C13H14BrF2N3/c1-8(2)19-7-17-5-10(19)6-18-13-11(14)3-9(15)4-12(13)16/h3-5,7-8,18H,6H2,1-2H3. The summed E-state index contributed by atoms with van der Waals surface area (Å²) in [6.07, 6.45) is 3.46. The summed E-state index contributed by atoms with van der Waals surface area (Å²) in [7, 11) is 0. The lowest BCUT2D eigenvalue weighted by Crippen LogP contribution is -2.10. The van der Waals surface area contributed by atoms with E-state index in [0.717, 1.165) is 11.8 Å². The molecule has 0 saturated heterocycles. The lowest BCUT2D eigenvalue weighted by atomic mass is 10.3. The highest BCUT2D eigenvalue weighted by Crippen LogP contribution is 2.27.